The number of aryl methyl sites for hydroxylation is 1. The Morgan fingerprint density at radius 2 is 1.97 bits per heavy atom. The Hall–Kier alpha value is -3.34. The first-order chi connectivity index (χ1) is 16.3. The zero-order valence-electron chi connectivity index (χ0n) is 18.5. The number of amides is 1. The second-order valence-corrected chi connectivity index (χ2v) is 8.46. The molecule has 0 unspecified atom stereocenters. The van der Waals surface area contributed by atoms with Gasteiger partial charge >= 0.3 is 0 Å². The Kier molecular flexibility index (Phi) is 8.69. The van der Waals surface area contributed by atoms with Gasteiger partial charge in [-0.1, -0.05) is 41.9 Å². The van der Waals surface area contributed by atoms with Crippen LogP contribution in [0.15, 0.2) is 64.6 Å². The van der Waals surface area contributed by atoms with Gasteiger partial charge in [0.05, 0.1) is 21.8 Å². The lowest BCUT2D eigenvalue weighted by Crippen LogP contribution is -2.14. The second kappa shape index (κ2) is 11.7. The summed E-state index contributed by atoms with van der Waals surface area (Å²) in [6.07, 6.45) is 1.44. The molecule has 3 aromatic carbocycles. The highest BCUT2D eigenvalue weighted by molar-refractivity contribution is 9.10. The minimum absolute atomic E-state index is 0.00354. The Labute approximate surface area is 210 Å². The molecule has 0 aromatic heterocycles. The van der Waals surface area contributed by atoms with Gasteiger partial charge in [0.15, 0.2) is 11.5 Å². The summed E-state index contributed by atoms with van der Waals surface area (Å²) >= 11 is 9.63. The molecule has 5 nitrogen and oxygen atoms in total. The third-order valence-electron chi connectivity index (χ3n) is 4.80. The number of halogens is 3. The lowest BCUT2D eigenvalue weighted by molar-refractivity contribution is -0.112. The molecule has 0 heterocycles. The normalized spacial score (nSPS) is 11.0. The predicted octanol–water partition coefficient (Wildman–Crippen LogP) is 7.07. The van der Waals surface area contributed by atoms with Crippen molar-refractivity contribution in [1.82, 2.24) is 0 Å². The fraction of sp³-hybridized carbons (Fsp3) is 0.154. The molecule has 0 aliphatic carbocycles. The van der Waals surface area contributed by atoms with Gasteiger partial charge in [-0.05, 0) is 71.2 Å². The zero-order chi connectivity index (χ0) is 24.7. The monoisotopic (exact) mass is 542 g/mol. The molecular formula is C26H21BrClFN2O3. The van der Waals surface area contributed by atoms with Crippen LogP contribution in [0.4, 0.5) is 10.1 Å². The highest BCUT2D eigenvalue weighted by atomic mass is 79.9. The zero-order valence-corrected chi connectivity index (χ0v) is 20.8. The first-order valence-corrected chi connectivity index (χ1v) is 11.5. The van der Waals surface area contributed by atoms with Crippen molar-refractivity contribution in [3.63, 3.8) is 0 Å². The molecule has 1 amide bonds. The highest BCUT2D eigenvalue weighted by Crippen LogP contribution is 2.38. The van der Waals surface area contributed by atoms with Gasteiger partial charge in [0.2, 0.25) is 0 Å². The molecule has 0 spiro atoms. The fourth-order valence-electron chi connectivity index (χ4n) is 3.13. The van der Waals surface area contributed by atoms with Crippen molar-refractivity contribution in [3.8, 4) is 17.6 Å². The van der Waals surface area contributed by atoms with Gasteiger partial charge in [0.1, 0.15) is 24.1 Å². The summed E-state index contributed by atoms with van der Waals surface area (Å²) < 4.78 is 26.0. The standard InChI is InChI=1S/C26H21BrClFN2O3/c1-3-33-23-13-17(12-20(27)25(23)34-15-18-8-4-5-10-22(18)29)11-19(14-30)26(32)31-24-16(2)7-6-9-21(24)28/h4-13H,3,15H2,1-2H3,(H,31,32)/b19-11+. The van der Waals surface area contributed by atoms with E-state index in [1.165, 1.54) is 12.1 Å². The molecule has 0 saturated heterocycles. The number of carbonyl (C=O) groups excluding carboxylic acids is 1. The van der Waals surface area contributed by atoms with Crippen LogP contribution >= 0.6 is 27.5 Å². The van der Waals surface area contributed by atoms with Gasteiger partial charge in [-0.15, -0.1) is 0 Å². The van der Waals surface area contributed by atoms with Crippen molar-refractivity contribution in [2.45, 2.75) is 20.5 Å². The first-order valence-electron chi connectivity index (χ1n) is 10.3. The van der Waals surface area contributed by atoms with E-state index in [2.05, 4.69) is 21.2 Å². The molecule has 0 aliphatic heterocycles. The van der Waals surface area contributed by atoms with Crippen molar-refractivity contribution < 1.29 is 18.7 Å². The number of nitrogens with zero attached hydrogens (tertiary/aromatic N) is 1. The summed E-state index contributed by atoms with van der Waals surface area (Å²) in [5.41, 5.74) is 2.04. The minimum atomic E-state index is -0.590. The van der Waals surface area contributed by atoms with Crippen molar-refractivity contribution in [3.05, 3.63) is 92.2 Å². The van der Waals surface area contributed by atoms with E-state index < -0.39 is 5.91 Å². The Balaban J connectivity index is 1.88. The number of rotatable bonds is 8. The smallest absolute Gasteiger partial charge is 0.266 e. The van der Waals surface area contributed by atoms with E-state index in [4.69, 9.17) is 21.1 Å². The molecule has 3 aromatic rings. The van der Waals surface area contributed by atoms with Gasteiger partial charge in [-0.2, -0.15) is 5.26 Å². The molecular weight excluding hydrogens is 523 g/mol. The number of nitrogens with one attached hydrogen (secondary N) is 1. The number of hydrogen-bond acceptors (Lipinski definition) is 4. The molecule has 1 N–H and O–H groups in total. The summed E-state index contributed by atoms with van der Waals surface area (Å²) in [5, 5.41) is 12.7. The van der Waals surface area contributed by atoms with Crippen molar-refractivity contribution in [2.24, 2.45) is 0 Å². The molecule has 34 heavy (non-hydrogen) atoms. The van der Waals surface area contributed by atoms with Crippen LogP contribution in [0.5, 0.6) is 11.5 Å². The maximum Gasteiger partial charge on any atom is 0.266 e. The van der Waals surface area contributed by atoms with Gasteiger partial charge in [0, 0.05) is 5.56 Å². The average Bonchev–Trinajstić information content (AvgIpc) is 2.80. The Morgan fingerprint density at radius 1 is 1.21 bits per heavy atom. The van der Waals surface area contributed by atoms with Crippen LogP contribution in [0.2, 0.25) is 5.02 Å². The molecule has 8 heteroatoms. The maximum absolute atomic E-state index is 14.0. The Bertz CT molecular complexity index is 1270. The SMILES string of the molecule is CCOc1cc(/C=C(\C#N)C(=O)Nc2c(C)cccc2Cl)cc(Br)c1OCc1ccccc1F. The Morgan fingerprint density at radius 3 is 2.65 bits per heavy atom. The molecule has 0 aliphatic rings. The van der Waals surface area contributed by atoms with Gasteiger partial charge in [0.25, 0.3) is 5.91 Å². The van der Waals surface area contributed by atoms with E-state index >= 15 is 0 Å². The molecule has 0 bridgehead atoms. The van der Waals surface area contributed by atoms with Gasteiger partial charge in [-0.25, -0.2) is 4.39 Å². The van der Waals surface area contributed by atoms with Crippen LogP contribution in [0, 0.1) is 24.1 Å². The number of anilines is 1. The number of para-hydroxylation sites is 1. The van der Waals surface area contributed by atoms with Crippen LogP contribution in [0.1, 0.15) is 23.6 Å². The lowest BCUT2D eigenvalue weighted by atomic mass is 10.1. The van der Waals surface area contributed by atoms with E-state index in [-0.39, 0.29) is 18.0 Å². The van der Waals surface area contributed by atoms with Crippen LogP contribution in [-0.2, 0) is 11.4 Å². The average molecular weight is 544 g/mol. The van der Waals surface area contributed by atoms with E-state index in [9.17, 15) is 14.4 Å². The van der Waals surface area contributed by atoms with Crippen LogP contribution in [-0.4, -0.2) is 12.5 Å². The van der Waals surface area contributed by atoms with Gasteiger partial charge < -0.3 is 14.8 Å². The topological polar surface area (TPSA) is 71.3 Å². The molecule has 0 fully saturated rings. The summed E-state index contributed by atoms with van der Waals surface area (Å²) in [7, 11) is 0. The minimum Gasteiger partial charge on any atom is -0.490 e. The summed E-state index contributed by atoms with van der Waals surface area (Å²) in [6.45, 7) is 3.98. The third-order valence-corrected chi connectivity index (χ3v) is 5.70. The lowest BCUT2D eigenvalue weighted by Gasteiger charge is -2.15. The van der Waals surface area contributed by atoms with E-state index in [0.29, 0.717) is 44.4 Å². The van der Waals surface area contributed by atoms with Crippen molar-refractivity contribution >= 4 is 45.2 Å². The molecule has 3 rings (SSSR count). The number of nitriles is 1. The number of benzene rings is 3. The van der Waals surface area contributed by atoms with Crippen LogP contribution in [0.25, 0.3) is 6.08 Å². The van der Waals surface area contributed by atoms with E-state index in [1.807, 2.05) is 26.0 Å². The highest BCUT2D eigenvalue weighted by Gasteiger charge is 2.16. The predicted molar refractivity (Wildman–Crippen MR) is 134 cm³/mol. The summed E-state index contributed by atoms with van der Waals surface area (Å²) in [5.74, 6) is -0.182. The number of carbonyl (C=O) groups is 1. The van der Waals surface area contributed by atoms with Crippen LogP contribution < -0.4 is 14.8 Å². The van der Waals surface area contributed by atoms with E-state index in [1.54, 1.807) is 42.5 Å². The van der Waals surface area contributed by atoms with Crippen LogP contribution in [0.3, 0.4) is 0 Å². The number of ether oxygens (including phenoxy) is 2. The summed E-state index contributed by atoms with van der Waals surface area (Å²) in [4.78, 5) is 12.7. The third kappa shape index (κ3) is 6.16. The fourth-order valence-corrected chi connectivity index (χ4v) is 3.97. The molecule has 174 valence electrons. The number of hydrogen-bond donors (Lipinski definition) is 1. The first kappa shape index (κ1) is 25.3. The molecule has 0 radical (unpaired) electrons. The summed E-state index contributed by atoms with van der Waals surface area (Å²) in [6, 6.07) is 16.8. The maximum atomic E-state index is 14.0. The molecule has 0 atom stereocenters. The van der Waals surface area contributed by atoms with E-state index in [0.717, 1.165) is 5.56 Å². The second-order valence-electron chi connectivity index (χ2n) is 7.20. The largest absolute Gasteiger partial charge is 0.490 e. The van der Waals surface area contributed by atoms with Crippen molar-refractivity contribution in [1.29, 1.82) is 5.26 Å². The molecule has 0 saturated carbocycles. The van der Waals surface area contributed by atoms with Gasteiger partial charge in [-0.3, -0.25) is 4.79 Å². The van der Waals surface area contributed by atoms with Crippen molar-refractivity contribution in [2.75, 3.05) is 11.9 Å². The quantitative estimate of drug-likeness (QED) is 0.244.